The Labute approximate surface area is 138 Å². The molecule has 1 aliphatic rings. The van der Waals surface area contributed by atoms with Crippen LogP contribution in [0.15, 0.2) is 48.5 Å². The molecule has 1 heterocycles. The minimum atomic E-state index is -0.653. The van der Waals surface area contributed by atoms with Crippen molar-refractivity contribution in [2.75, 3.05) is 18.0 Å². The standard InChI is InChI=1S/C17H14ClFN2O2/c18-14-7-4-8-15(19)13(14)11-20-9-10-21(17(23)16(20)22)12-5-2-1-3-6-12/h1-8H,9-11H2. The van der Waals surface area contributed by atoms with E-state index in [1.807, 2.05) is 6.07 Å². The molecule has 1 saturated heterocycles. The van der Waals surface area contributed by atoms with Crippen LogP contribution in [0.4, 0.5) is 10.1 Å². The number of amides is 2. The van der Waals surface area contributed by atoms with Gasteiger partial charge in [-0.2, -0.15) is 0 Å². The third-order valence-corrected chi connectivity index (χ3v) is 4.14. The fourth-order valence-electron chi connectivity index (χ4n) is 2.55. The van der Waals surface area contributed by atoms with Crippen molar-refractivity contribution < 1.29 is 14.0 Å². The van der Waals surface area contributed by atoms with E-state index in [9.17, 15) is 14.0 Å². The van der Waals surface area contributed by atoms with Gasteiger partial charge < -0.3 is 9.80 Å². The van der Waals surface area contributed by atoms with Gasteiger partial charge in [-0.1, -0.05) is 35.9 Å². The third-order valence-electron chi connectivity index (χ3n) is 3.79. The van der Waals surface area contributed by atoms with E-state index in [0.29, 0.717) is 18.8 Å². The number of rotatable bonds is 3. The lowest BCUT2D eigenvalue weighted by atomic mass is 10.1. The van der Waals surface area contributed by atoms with E-state index < -0.39 is 17.6 Å². The number of anilines is 1. The number of carbonyl (C=O) groups excluding carboxylic acids is 2. The van der Waals surface area contributed by atoms with Crippen LogP contribution in [0.25, 0.3) is 0 Å². The highest BCUT2D eigenvalue weighted by Crippen LogP contribution is 2.23. The summed E-state index contributed by atoms with van der Waals surface area (Å²) in [6, 6.07) is 13.3. The van der Waals surface area contributed by atoms with Gasteiger partial charge in [0, 0.05) is 29.4 Å². The molecule has 0 bridgehead atoms. The second kappa shape index (κ2) is 6.38. The number of hydrogen-bond donors (Lipinski definition) is 0. The summed E-state index contributed by atoms with van der Waals surface area (Å²) in [5, 5.41) is 0.246. The summed E-state index contributed by atoms with van der Waals surface area (Å²) in [4.78, 5) is 27.4. The molecule has 0 radical (unpaired) electrons. The zero-order chi connectivity index (χ0) is 16.4. The van der Waals surface area contributed by atoms with Gasteiger partial charge in [-0.05, 0) is 24.3 Å². The molecule has 118 valence electrons. The average molecular weight is 333 g/mol. The van der Waals surface area contributed by atoms with E-state index in [2.05, 4.69) is 0 Å². The molecular formula is C17H14ClFN2O2. The maximum Gasteiger partial charge on any atom is 0.316 e. The Balaban J connectivity index is 1.78. The van der Waals surface area contributed by atoms with E-state index >= 15 is 0 Å². The number of hydrogen-bond acceptors (Lipinski definition) is 2. The lowest BCUT2D eigenvalue weighted by Crippen LogP contribution is -2.54. The molecule has 2 aromatic carbocycles. The van der Waals surface area contributed by atoms with E-state index in [4.69, 9.17) is 11.6 Å². The van der Waals surface area contributed by atoms with Crippen molar-refractivity contribution in [3.05, 3.63) is 64.9 Å². The third kappa shape index (κ3) is 3.05. The summed E-state index contributed by atoms with van der Waals surface area (Å²) in [5.41, 5.74) is 0.901. The highest BCUT2D eigenvalue weighted by atomic mass is 35.5. The molecule has 0 saturated carbocycles. The monoisotopic (exact) mass is 332 g/mol. The number of halogens is 2. The molecule has 3 rings (SSSR count). The fraction of sp³-hybridized carbons (Fsp3) is 0.176. The summed E-state index contributed by atoms with van der Waals surface area (Å²) < 4.78 is 13.9. The number of para-hydroxylation sites is 1. The van der Waals surface area contributed by atoms with Crippen molar-refractivity contribution in [3.8, 4) is 0 Å². The second-order valence-electron chi connectivity index (χ2n) is 5.22. The molecule has 6 heteroatoms. The average Bonchev–Trinajstić information content (AvgIpc) is 2.56. The van der Waals surface area contributed by atoms with Gasteiger partial charge in [-0.3, -0.25) is 9.59 Å². The molecule has 0 aliphatic carbocycles. The van der Waals surface area contributed by atoms with E-state index in [1.54, 1.807) is 30.3 Å². The van der Waals surface area contributed by atoms with Gasteiger partial charge in [0.25, 0.3) is 0 Å². The van der Waals surface area contributed by atoms with Gasteiger partial charge in [0.2, 0.25) is 0 Å². The van der Waals surface area contributed by atoms with E-state index in [0.717, 1.165) is 0 Å². The number of benzene rings is 2. The quantitative estimate of drug-likeness (QED) is 0.811. The molecule has 0 aromatic heterocycles. The van der Waals surface area contributed by atoms with Crippen molar-refractivity contribution >= 4 is 29.1 Å². The predicted octanol–water partition coefficient (Wildman–Crippen LogP) is 2.85. The fourth-order valence-corrected chi connectivity index (χ4v) is 2.78. The molecule has 2 aromatic rings. The largest absolute Gasteiger partial charge is 0.328 e. The number of piperazine rings is 1. The molecule has 2 amide bonds. The molecule has 0 unspecified atom stereocenters. The van der Waals surface area contributed by atoms with E-state index in [-0.39, 0.29) is 17.1 Å². The van der Waals surface area contributed by atoms with Crippen LogP contribution < -0.4 is 4.90 Å². The first-order chi connectivity index (χ1) is 11.1. The first-order valence-electron chi connectivity index (χ1n) is 7.16. The summed E-state index contributed by atoms with van der Waals surface area (Å²) in [7, 11) is 0. The highest BCUT2D eigenvalue weighted by Gasteiger charge is 2.33. The van der Waals surface area contributed by atoms with Crippen LogP contribution in [0, 0.1) is 5.82 Å². The zero-order valence-electron chi connectivity index (χ0n) is 12.2. The smallest absolute Gasteiger partial charge is 0.316 e. The minimum Gasteiger partial charge on any atom is -0.328 e. The predicted molar refractivity (Wildman–Crippen MR) is 85.6 cm³/mol. The van der Waals surface area contributed by atoms with Gasteiger partial charge >= 0.3 is 11.8 Å². The molecule has 23 heavy (non-hydrogen) atoms. The van der Waals surface area contributed by atoms with Crippen molar-refractivity contribution in [2.24, 2.45) is 0 Å². The van der Waals surface area contributed by atoms with Crippen LogP contribution in [-0.4, -0.2) is 29.8 Å². The van der Waals surface area contributed by atoms with Crippen molar-refractivity contribution in [3.63, 3.8) is 0 Å². The van der Waals surface area contributed by atoms with Gasteiger partial charge in [0.15, 0.2) is 0 Å². The SMILES string of the molecule is O=C1C(=O)N(c2ccccc2)CCN1Cc1c(F)cccc1Cl. The first-order valence-corrected chi connectivity index (χ1v) is 7.54. The van der Waals surface area contributed by atoms with Crippen molar-refractivity contribution in [1.29, 1.82) is 0 Å². The van der Waals surface area contributed by atoms with Crippen molar-refractivity contribution in [1.82, 2.24) is 4.90 Å². The van der Waals surface area contributed by atoms with Crippen LogP contribution in [0.2, 0.25) is 5.02 Å². The molecule has 4 nitrogen and oxygen atoms in total. The normalized spacial score (nSPS) is 15.2. The highest BCUT2D eigenvalue weighted by molar-refractivity contribution is 6.41. The molecule has 0 atom stereocenters. The van der Waals surface area contributed by atoms with Crippen LogP contribution in [0.1, 0.15) is 5.56 Å². The Hall–Kier alpha value is -2.40. The van der Waals surface area contributed by atoms with Crippen LogP contribution in [-0.2, 0) is 16.1 Å². The summed E-state index contributed by atoms with van der Waals surface area (Å²) in [6.07, 6.45) is 0. The Morgan fingerprint density at radius 2 is 1.70 bits per heavy atom. The van der Waals surface area contributed by atoms with Gasteiger partial charge in [-0.15, -0.1) is 0 Å². The van der Waals surface area contributed by atoms with Crippen LogP contribution in [0.5, 0.6) is 0 Å². The number of carbonyl (C=O) groups is 2. The Morgan fingerprint density at radius 3 is 2.39 bits per heavy atom. The Morgan fingerprint density at radius 1 is 0.957 bits per heavy atom. The Bertz CT molecular complexity index is 731. The molecular weight excluding hydrogens is 319 g/mol. The first kappa shape index (κ1) is 15.5. The summed E-state index contributed by atoms with van der Waals surface area (Å²) >= 11 is 5.98. The van der Waals surface area contributed by atoms with Crippen LogP contribution >= 0.6 is 11.6 Å². The maximum atomic E-state index is 13.9. The van der Waals surface area contributed by atoms with Gasteiger partial charge in [0.05, 0.1) is 6.54 Å². The summed E-state index contributed by atoms with van der Waals surface area (Å²) in [6.45, 7) is 0.670. The van der Waals surface area contributed by atoms with Crippen LogP contribution in [0.3, 0.4) is 0 Å². The molecule has 0 N–H and O–H groups in total. The van der Waals surface area contributed by atoms with Gasteiger partial charge in [0.1, 0.15) is 5.82 Å². The van der Waals surface area contributed by atoms with Gasteiger partial charge in [-0.25, -0.2) is 4.39 Å². The number of nitrogens with zero attached hydrogens (tertiary/aromatic N) is 2. The maximum absolute atomic E-state index is 13.9. The summed E-state index contributed by atoms with van der Waals surface area (Å²) in [5.74, 6) is -1.75. The minimum absolute atomic E-state index is 0.0152. The lowest BCUT2D eigenvalue weighted by Gasteiger charge is -2.34. The van der Waals surface area contributed by atoms with Crippen molar-refractivity contribution in [2.45, 2.75) is 6.54 Å². The topological polar surface area (TPSA) is 40.6 Å². The molecule has 0 spiro atoms. The Kier molecular flexibility index (Phi) is 4.30. The molecule has 1 fully saturated rings. The second-order valence-corrected chi connectivity index (χ2v) is 5.63. The lowest BCUT2D eigenvalue weighted by molar-refractivity contribution is -0.146. The van der Waals surface area contributed by atoms with E-state index in [1.165, 1.54) is 21.9 Å². The zero-order valence-corrected chi connectivity index (χ0v) is 13.0. The molecule has 1 aliphatic heterocycles.